The summed E-state index contributed by atoms with van der Waals surface area (Å²) in [5.41, 5.74) is -0.359. The van der Waals surface area contributed by atoms with Crippen LogP contribution in [0.5, 0.6) is 0 Å². The van der Waals surface area contributed by atoms with E-state index < -0.39 is 23.3 Å². The molecule has 2 rings (SSSR count). The Morgan fingerprint density at radius 2 is 1.67 bits per heavy atom. The molecule has 2 unspecified atom stereocenters. The summed E-state index contributed by atoms with van der Waals surface area (Å²) in [6, 6.07) is 8.30. The van der Waals surface area contributed by atoms with E-state index >= 15 is 0 Å². The van der Waals surface area contributed by atoms with Gasteiger partial charge in [0.2, 0.25) is 5.91 Å². The highest BCUT2D eigenvalue weighted by atomic mass is 32.2. The minimum atomic E-state index is -3.46. The van der Waals surface area contributed by atoms with Crippen molar-refractivity contribution in [3.8, 4) is 0 Å². The van der Waals surface area contributed by atoms with E-state index in [1.807, 2.05) is 19.6 Å². The number of carbonyl (C=O) groups is 1. The van der Waals surface area contributed by atoms with E-state index in [-0.39, 0.29) is 16.3 Å². The van der Waals surface area contributed by atoms with Crippen LogP contribution in [0.25, 0.3) is 0 Å². The Kier molecular flexibility index (Phi) is 3.10. The SMILES string of the molecule is C[Si](C)(C)C1C(=O)NC1S(=O)(=O)c1ccccc1. The maximum Gasteiger partial charge on any atom is 0.224 e. The first-order chi connectivity index (χ1) is 8.24. The van der Waals surface area contributed by atoms with Gasteiger partial charge in [0.25, 0.3) is 0 Å². The molecule has 4 nitrogen and oxygen atoms in total. The summed E-state index contributed by atoms with van der Waals surface area (Å²) < 4.78 is 24.8. The van der Waals surface area contributed by atoms with Gasteiger partial charge in [0.15, 0.2) is 9.84 Å². The third-order valence-electron chi connectivity index (χ3n) is 3.21. The Bertz CT molecular complexity index is 563. The van der Waals surface area contributed by atoms with Gasteiger partial charge in [-0.2, -0.15) is 0 Å². The predicted molar refractivity (Wildman–Crippen MR) is 72.7 cm³/mol. The second-order valence-corrected chi connectivity index (χ2v) is 13.1. The second kappa shape index (κ2) is 4.20. The molecule has 1 fully saturated rings. The van der Waals surface area contributed by atoms with Gasteiger partial charge in [-0.25, -0.2) is 8.42 Å². The van der Waals surface area contributed by atoms with Crippen LogP contribution >= 0.6 is 0 Å². The monoisotopic (exact) mass is 283 g/mol. The predicted octanol–water partition coefficient (Wildman–Crippen LogP) is 1.62. The van der Waals surface area contributed by atoms with Crippen molar-refractivity contribution in [2.24, 2.45) is 0 Å². The average molecular weight is 283 g/mol. The average Bonchev–Trinajstić information content (AvgIpc) is 2.24. The Morgan fingerprint density at radius 3 is 2.11 bits per heavy atom. The van der Waals surface area contributed by atoms with E-state index in [1.165, 1.54) is 0 Å². The van der Waals surface area contributed by atoms with Crippen molar-refractivity contribution in [2.45, 2.75) is 35.5 Å². The molecule has 1 saturated heterocycles. The number of amides is 1. The molecular formula is C12H17NO3SSi. The van der Waals surface area contributed by atoms with Gasteiger partial charge in [-0.3, -0.25) is 4.79 Å². The molecule has 18 heavy (non-hydrogen) atoms. The summed E-state index contributed by atoms with van der Waals surface area (Å²) in [6.45, 7) is 6.05. The van der Waals surface area contributed by atoms with Gasteiger partial charge >= 0.3 is 0 Å². The van der Waals surface area contributed by atoms with Crippen LogP contribution in [0.1, 0.15) is 0 Å². The van der Waals surface area contributed by atoms with E-state index in [1.54, 1.807) is 30.3 Å². The van der Waals surface area contributed by atoms with Gasteiger partial charge in [0, 0.05) is 0 Å². The van der Waals surface area contributed by atoms with Crippen molar-refractivity contribution in [2.75, 3.05) is 0 Å². The molecule has 6 heteroatoms. The van der Waals surface area contributed by atoms with Crippen molar-refractivity contribution in [3.05, 3.63) is 30.3 Å². The van der Waals surface area contributed by atoms with Gasteiger partial charge in [-0.15, -0.1) is 0 Å². The second-order valence-electron chi connectivity index (χ2n) is 5.63. The molecule has 2 atom stereocenters. The molecule has 0 aromatic heterocycles. The molecular weight excluding hydrogens is 266 g/mol. The lowest BCUT2D eigenvalue weighted by Gasteiger charge is -2.42. The molecule has 98 valence electrons. The number of carbonyl (C=O) groups excluding carboxylic acids is 1. The van der Waals surface area contributed by atoms with Gasteiger partial charge in [-0.1, -0.05) is 37.8 Å². The van der Waals surface area contributed by atoms with Crippen LogP contribution in [0.2, 0.25) is 25.2 Å². The maximum absolute atomic E-state index is 12.4. The highest BCUT2D eigenvalue weighted by Crippen LogP contribution is 2.37. The van der Waals surface area contributed by atoms with Crippen LogP contribution < -0.4 is 5.32 Å². The van der Waals surface area contributed by atoms with Crippen molar-refractivity contribution in [3.63, 3.8) is 0 Å². The first-order valence-electron chi connectivity index (χ1n) is 5.84. The molecule has 1 N–H and O–H groups in total. The summed E-state index contributed by atoms with van der Waals surface area (Å²) in [6.07, 6.45) is 0. The number of hydrogen-bond donors (Lipinski definition) is 1. The van der Waals surface area contributed by atoms with Crippen molar-refractivity contribution >= 4 is 23.8 Å². The first kappa shape index (κ1) is 13.3. The molecule has 0 saturated carbocycles. The summed E-state index contributed by atoms with van der Waals surface area (Å²) in [5.74, 6) is -0.126. The smallest absolute Gasteiger partial charge is 0.224 e. The van der Waals surface area contributed by atoms with Crippen molar-refractivity contribution in [1.29, 1.82) is 0 Å². The fraction of sp³-hybridized carbons (Fsp3) is 0.417. The minimum absolute atomic E-state index is 0.126. The van der Waals surface area contributed by atoms with Crippen LogP contribution in [0.15, 0.2) is 35.2 Å². The van der Waals surface area contributed by atoms with Crippen LogP contribution in [0.4, 0.5) is 0 Å². The van der Waals surface area contributed by atoms with Gasteiger partial charge in [-0.05, 0) is 12.1 Å². The lowest BCUT2D eigenvalue weighted by atomic mass is 10.2. The third-order valence-corrected chi connectivity index (χ3v) is 7.90. The third kappa shape index (κ3) is 2.10. The van der Waals surface area contributed by atoms with Crippen molar-refractivity contribution in [1.82, 2.24) is 5.32 Å². The fourth-order valence-corrected chi connectivity index (χ4v) is 7.42. The van der Waals surface area contributed by atoms with E-state index in [0.717, 1.165) is 0 Å². The summed E-state index contributed by atoms with van der Waals surface area (Å²) in [5, 5.41) is 1.80. The quantitative estimate of drug-likeness (QED) is 0.677. The Morgan fingerprint density at radius 1 is 1.11 bits per heavy atom. The molecule has 1 amide bonds. The van der Waals surface area contributed by atoms with E-state index in [0.29, 0.717) is 0 Å². The zero-order valence-electron chi connectivity index (χ0n) is 10.7. The van der Waals surface area contributed by atoms with Gasteiger partial charge < -0.3 is 5.32 Å². The molecule has 0 bridgehead atoms. The van der Waals surface area contributed by atoms with E-state index in [2.05, 4.69) is 5.32 Å². The Balaban J connectivity index is 2.36. The Hall–Kier alpha value is -1.14. The van der Waals surface area contributed by atoms with Crippen LogP contribution in [0.3, 0.4) is 0 Å². The van der Waals surface area contributed by atoms with Crippen LogP contribution in [0, 0.1) is 0 Å². The summed E-state index contributed by atoms with van der Waals surface area (Å²) >= 11 is 0. The number of sulfone groups is 1. The van der Waals surface area contributed by atoms with E-state index in [4.69, 9.17) is 0 Å². The molecule has 0 aliphatic carbocycles. The molecule has 1 aromatic rings. The molecule has 1 aliphatic heterocycles. The highest BCUT2D eigenvalue weighted by Gasteiger charge is 2.53. The summed E-state index contributed by atoms with van der Waals surface area (Å²) in [7, 11) is -5.30. The molecule has 1 heterocycles. The van der Waals surface area contributed by atoms with E-state index in [9.17, 15) is 13.2 Å². The normalized spacial score (nSPS) is 24.3. The first-order valence-corrected chi connectivity index (χ1v) is 11.0. The molecule has 0 spiro atoms. The molecule has 0 radical (unpaired) electrons. The Labute approximate surface area is 108 Å². The van der Waals surface area contributed by atoms with Crippen LogP contribution in [-0.4, -0.2) is 27.8 Å². The zero-order chi connectivity index (χ0) is 13.6. The standard InChI is InChI=1S/C12H17NO3SSi/c1-18(2,3)10-11(14)13-12(10)17(15,16)9-7-5-4-6-8-9/h4-8,10,12H,1-3H3,(H,13,14). The topological polar surface area (TPSA) is 63.2 Å². The number of hydrogen-bond acceptors (Lipinski definition) is 3. The minimum Gasteiger partial charge on any atom is -0.339 e. The number of nitrogens with one attached hydrogen (secondary N) is 1. The lowest BCUT2D eigenvalue weighted by Crippen LogP contribution is -2.65. The van der Waals surface area contributed by atoms with Gasteiger partial charge in [0.1, 0.15) is 5.37 Å². The summed E-state index contributed by atoms with van der Waals surface area (Å²) in [4.78, 5) is 11.9. The number of rotatable bonds is 3. The lowest BCUT2D eigenvalue weighted by molar-refractivity contribution is -0.126. The largest absolute Gasteiger partial charge is 0.339 e. The fourth-order valence-electron chi connectivity index (χ4n) is 2.22. The number of benzene rings is 1. The zero-order valence-corrected chi connectivity index (χ0v) is 12.5. The van der Waals surface area contributed by atoms with Crippen molar-refractivity contribution < 1.29 is 13.2 Å². The van der Waals surface area contributed by atoms with Crippen LogP contribution in [-0.2, 0) is 14.6 Å². The highest BCUT2D eigenvalue weighted by molar-refractivity contribution is 7.92. The van der Waals surface area contributed by atoms with Gasteiger partial charge in [0.05, 0.1) is 18.5 Å². The number of β-lactam (4-membered cyclic amide) rings is 1. The maximum atomic E-state index is 12.4. The molecule has 1 aliphatic rings. The molecule has 1 aromatic carbocycles.